The van der Waals surface area contributed by atoms with Gasteiger partial charge in [0.1, 0.15) is 5.82 Å². The third-order valence-corrected chi connectivity index (χ3v) is 6.62. The van der Waals surface area contributed by atoms with Gasteiger partial charge in [0.2, 0.25) is 10.0 Å². The van der Waals surface area contributed by atoms with Gasteiger partial charge in [0, 0.05) is 17.9 Å². The van der Waals surface area contributed by atoms with Gasteiger partial charge in [0.15, 0.2) is 0 Å². The fraction of sp³-hybridized carbons (Fsp3) is 0.571. The maximum absolute atomic E-state index is 13.4. The number of alkyl halides is 1. The third kappa shape index (κ3) is 3.31. The van der Waals surface area contributed by atoms with Crippen LogP contribution in [0.4, 0.5) is 4.39 Å². The molecule has 2 unspecified atom stereocenters. The quantitative estimate of drug-likeness (QED) is 0.758. The van der Waals surface area contributed by atoms with Crippen molar-refractivity contribution in [2.24, 2.45) is 0 Å². The monoisotopic (exact) mass is 379 g/mol. The lowest BCUT2D eigenvalue weighted by molar-refractivity contribution is -0.0139. The van der Waals surface area contributed by atoms with Gasteiger partial charge in [-0.05, 0) is 44.0 Å². The zero-order chi connectivity index (χ0) is 15.8. The molecule has 2 atom stereocenters. The molecular weight excluding hydrogens is 361 g/mol. The van der Waals surface area contributed by atoms with E-state index in [-0.39, 0.29) is 17.0 Å². The van der Waals surface area contributed by atoms with Gasteiger partial charge in [0.05, 0.1) is 17.6 Å². The molecule has 1 fully saturated rings. The van der Waals surface area contributed by atoms with Crippen LogP contribution in [0.2, 0.25) is 0 Å². The first kappa shape index (κ1) is 16.9. The van der Waals surface area contributed by atoms with Crippen molar-refractivity contribution in [2.75, 3.05) is 18.5 Å². The van der Waals surface area contributed by atoms with Crippen LogP contribution in [-0.4, -0.2) is 43.4 Å². The molecule has 1 aliphatic heterocycles. The molecule has 7 heteroatoms. The van der Waals surface area contributed by atoms with Gasteiger partial charge in [-0.2, -0.15) is 4.31 Å². The summed E-state index contributed by atoms with van der Waals surface area (Å²) in [6.45, 7) is 5.71. The highest BCUT2D eigenvalue weighted by atomic mass is 79.9. The van der Waals surface area contributed by atoms with Crippen molar-refractivity contribution in [1.29, 1.82) is 0 Å². The predicted molar refractivity (Wildman–Crippen MR) is 82.8 cm³/mol. The number of ether oxygens (including phenoxy) is 1. The number of sulfonamides is 1. The van der Waals surface area contributed by atoms with Crippen LogP contribution in [-0.2, 0) is 14.8 Å². The average molecular weight is 380 g/mol. The molecule has 0 saturated carbocycles. The summed E-state index contributed by atoms with van der Waals surface area (Å²) in [7, 11) is -3.67. The van der Waals surface area contributed by atoms with Crippen LogP contribution in [0.25, 0.3) is 0 Å². The topological polar surface area (TPSA) is 46.6 Å². The van der Waals surface area contributed by atoms with Crippen molar-refractivity contribution in [3.05, 3.63) is 29.1 Å². The zero-order valence-corrected chi connectivity index (χ0v) is 14.7. The molecule has 0 bridgehead atoms. The first-order valence-corrected chi connectivity index (χ1v) is 9.29. The highest BCUT2D eigenvalue weighted by molar-refractivity contribution is 9.09. The molecule has 2 rings (SSSR count). The molecule has 0 spiro atoms. The van der Waals surface area contributed by atoms with Crippen molar-refractivity contribution in [2.45, 2.75) is 37.8 Å². The van der Waals surface area contributed by atoms with Crippen LogP contribution in [0.1, 0.15) is 18.1 Å². The van der Waals surface area contributed by atoms with Crippen molar-refractivity contribution < 1.29 is 17.5 Å². The van der Waals surface area contributed by atoms with E-state index in [9.17, 15) is 12.8 Å². The second kappa shape index (κ2) is 6.32. The molecule has 0 amide bonds. The fourth-order valence-corrected chi connectivity index (χ4v) is 5.10. The highest BCUT2D eigenvalue weighted by Crippen LogP contribution is 2.28. The van der Waals surface area contributed by atoms with Crippen molar-refractivity contribution in [3.63, 3.8) is 0 Å². The molecule has 1 aliphatic rings. The third-order valence-electron chi connectivity index (χ3n) is 3.61. The zero-order valence-electron chi connectivity index (χ0n) is 12.3. The normalized spacial score (nSPS) is 24.2. The fourth-order valence-electron chi connectivity index (χ4n) is 2.64. The van der Waals surface area contributed by atoms with E-state index in [2.05, 4.69) is 15.9 Å². The maximum atomic E-state index is 13.4. The van der Waals surface area contributed by atoms with Crippen molar-refractivity contribution in [3.8, 4) is 0 Å². The Morgan fingerprint density at radius 1 is 1.38 bits per heavy atom. The van der Waals surface area contributed by atoms with Gasteiger partial charge >= 0.3 is 0 Å². The maximum Gasteiger partial charge on any atom is 0.244 e. The van der Waals surface area contributed by atoms with Crippen LogP contribution < -0.4 is 0 Å². The van der Waals surface area contributed by atoms with E-state index in [0.29, 0.717) is 29.6 Å². The van der Waals surface area contributed by atoms with Crippen molar-refractivity contribution >= 4 is 26.0 Å². The summed E-state index contributed by atoms with van der Waals surface area (Å²) >= 11 is 3.32. The Hall–Kier alpha value is -0.500. The molecule has 0 aromatic heterocycles. The Bertz CT molecular complexity index is 612. The molecule has 118 valence electrons. The summed E-state index contributed by atoms with van der Waals surface area (Å²) in [4.78, 5) is 0.200. The Balaban J connectivity index is 2.46. The number of aryl methyl sites for hydroxylation is 2. The lowest BCUT2D eigenvalue weighted by Gasteiger charge is -2.37. The van der Waals surface area contributed by atoms with E-state index in [1.165, 1.54) is 16.4 Å². The number of hydrogen-bond donors (Lipinski definition) is 0. The van der Waals surface area contributed by atoms with Gasteiger partial charge in [-0.1, -0.05) is 15.9 Å². The number of halogens is 2. The molecule has 1 aromatic carbocycles. The number of rotatable bonds is 3. The minimum atomic E-state index is -3.67. The predicted octanol–water partition coefficient (Wildman–Crippen LogP) is 2.62. The highest BCUT2D eigenvalue weighted by Gasteiger charge is 2.36. The molecule has 1 aromatic rings. The lowest BCUT2D eigenvalue weighted by Crippen LogP contribution is -2.51. The molecule has 1 heterocycles. The van der Waals surface area contributed by atoms with E-state index in [1.807, 2.05) is 6.92 Å². The number of hydrogen-bond acceptors (Lipinski definition) is 3. The van der Waals surface area contributed by atoms with Crippen LogP contribution in [0.3, 0.4) is 0 Å². The molecule has 0 radical (unpaired) electrons. The largest absolute Gasteiger partial charge is 0.374 e. The summed E-state index contributed by atoms with van der Waals surface area (Å²) in [6, 6.07) is 2.27. The van der Waals surface area contributed by atoms with Crippen molar-refractivity contribution in [1.82, 2.24) is 4.31 Å². The van der Waals surface area contributed by atoms with Crippen LogP contribution in [0, 0.1) is 19.7 Å². The van der Waals surface area contributed by atoms with E-state index in [0.717, 1.165) is 0 Å². The number of nitrogens with zero attached hydrogens (tertiary/aromatic N) is 1. The number of benzene rings is 1. The first-order chi connectivity index (χ1) is 9.77. The molecule has 21 heavy (non-hydrogen) atoms. The summed E-state index contributed by atoms with van der Waals surface area (Å²) in [5.74, 6) is -0.419. The SMILES string of the molecule is Cc1cc(F)cc(C)c1S(=O)(=O)N1CC(CBr)OCC1C. The Labute approximate surface area is 133 Å². The minimum absolute atomic E-state index is 0.169. The number of morpholine rings is 1. The van der Waals surface area contributed by atoms with Gasteiger partial charge in [-0.3, -0.25) is 0 Å². The summed E-state index contributed by atoms with van der Waals surface area (Å²) in [5, 5.41) is 0.577. The molecule has 0 aliphatic carbocycles. The van der Waals surface area contributed by atoms with E-state index >= 15 is 0 Å². The Kier molecular flexibility index (Phi) is 5.07. The Morgan fingerprint density at radius 2 is 1.95 bits per heavy atom. The van der Waals surface area contributed by atoms with E-state index in [1.54, 1.807) is 13.8 Å². The van der Waals surface area contributed by atoms with E-state index in [4.69, 9.17) is 4.74 Å². The van der Waals surface area contributed by atoms with Gasteiger partial charge in [0.25, 0.3) is 0 Å². The van der Waals surface area contributed by atoms with Gasteiger partial charge in [-0.25, -0.2) is 12.8 Å². The average Bonchev–Trinajstić information content (AvgIpc) is 2.37. The first-order valence-electron chi connectivity index (χ1n) is 6.73. The second-order valence-corrected chi connectivity index (χ2v) is 7.88. The van der Waals surface area contributed by atoms with Gasteiger partial charge in [-0.15, -0.1) is 0 Å². The Morgan fingerprint density at radius 3 is 2.48 bits per heavy atom. The smallest absolute Gasteiger partial charge is 0.244 e. The molecule has 0 N–H and O–H groups in total. The van der Waals surface area contributed by atoms with Gasteiger partial charge < -0.3 is 4.74 Å². The van der Waals surface area contributed by atoms with Crippen LogP contribution >= 0.6 is 15.9 Å². The molecule has 4 nitrogen and oxygen atoms in total. The summed E-state index contributed by atoms with van der Waals surface area (Å²) in [5.41, 5.74) is 0.864. The lowest BCUT2D eigenvalue weighted by atomic mass is 10.1. The standard InChI is InChI=1S/C14H19BrFNO3S/c1-9-4-12(16)5-10(2)14(9)21(18,19)17-7-13(6-15)20-8-11(17)3/h4-5,11,13H,6-8H2,1-3H3. The molecule has 1 saturated heterocycles. The van der Waals surface area contributed by atoms with E-state index < -0.39 is 15.8 Å². The van der Waals surface area contributed by atoms with Crippen LogP contribution in [0.15, 0.2) is 17.0 Å². The molecular formula is C14H19BrFNO3S. The summed E-state index contributed by atoms with van der Waals surface area (Å²) in [6.07, 6.45) is -0.169. The summed E-state index contributed by atoms with van der Waals surface area (Å²) < 4.78 is 46.3. The second-order valence-electron chi connectivity index (χ2n) is 5.40. The van der Waals surface area contributed by atoms with Crippen LogP contribution in [0.5, 0.6) is 0 Å². The minimum Gasteiger partial charge on any atom is -0.374 e.